The van der Waals surface area contributed by atoms with Crippen molar-refractivity contribution in [3.63, 3.8) is 0 Å². The molecule has 114 valence electrons. The Labute approximate surface area is 123 Å². The van der Waals surface area contributed by atoms with Gasteiger partial charge in [-0.05, 0) is 0 Å². The first-order valence-electron chi connectivity index (χ1n) is 7.02. The van der Waals surface area contributed by atoms with E-state index in [4.69, 9.17) is 11.2 Å². The average molecular weight is 293 g/mol. The summed E-state index contributed by atoms with van der Waals surface area (Å²) in [5.41, 5.74) is -1.73. The summed E-state index contributed by atoms with van der Waals surface area (Å²) < 4.78 is 5.16. The molecule has 2 aliphatic rings. The van der Waals surface area contributed by atoms with Gasteiger partial charge in [0.2, 0.25) is 5.91 Å². The highest BCUT2D eigenvalue weighted by Crippen LogP contribution is 2.37. The third-order valence-electron chi connectivity index (χ3n) is 3.94. The molecule has 2 rings (SSSR count). The summed E-state index contributed by atoms with van der Waals surface area (Å²) in [6, 6.07) is 0. The number of carbonyl (C=O) groups excluding carboxylic acids is 1. The van der Waals surface area contributed by atoms with Crippen molar-refractivity contribution in [1.82, 2.24) is 5.32 Å². The van der Waals surface area contributed by atoms with Crippen molar-refractivity contribution < 1.29 is 19.4 Å². The molecule has 0 bridgehead atoms. The lowest BCUT2D eigenvalue weighted by molar-refractivity contribution is -0.152. The number of aliphatic carboxylic acids is 1. The minimum atomic E-state index is -1.21. The molecule has 0 atom stereocenters. The molecule has 7 heteroatoms. The highest BCUT2D eigenvalue weighted by Gasteiger charge is 2.43. The third-order valence-corrected chi connectivity index (χ3v) is 3.94. The molecule has 2 heterocycles. The molecule has 0 aromatic carbocycles. The fourth-order valence-electron chi connectivity index (χ4n) is 2.42. The summed E-state index contributed by atoms with van der Waals surface area (Å²) >= 11 is 0. The lowest BCUT2D eigenvalue weighted by Gasteiger charge is -2.34. The van der Waals surface area contributed by atoms with Crippen LogP contribution in [0.5, 0.6) is 0 Å². The molecule has 1 saturated heterocycles. The first-order chi connectivity index (χ1) is 10.0. The maximum Gasteiger partial charge on any atom is 0.329 e. The average Bonchev–Trinajstić information content (AvgIpc) is 3.24. The van der Waals surface area contributed by atoms with Crippen LogP contribution in [0.4, 0.5) is 0 Å². The van der Waals surface area contributed by atoms with Crippen molar-refractivity contribution in [2.45, 2.75) is 49.7 Å². The van der Waals surface area contributed by atoms with E-state index in [-0.39, 0.29) is 25.2 Å². The number of hydrogen-bond donors (Lipinski definition) is 2. The first kappa shape index (κ1) is 15.4. The topological polar surface area (TPSA) is 100 Å². The SMILES string of the molecule is C#CCCC1(CCC(=O)NC2(C(=O)O)CCOCC2)N=N1. The zero-order chi connectivity index (χ0) is 15.3. The maximum atomic E-state index is 12.0. The van der Waals surface area contributed by atoms with Gasteiger partial charge >= 0.3 is 5.97 Å². The van der Waals surface area contributed by atoms with Gasteiger partial charge in [-0.15, -0.1) is 12.3 Å². The summed E-state index contributed by atoms with van der Waals surface area (Å²) in [5, 5.41) is 19.9. The van der Waals surface area contributed by atoms with Crippen molar-refractivity contribution in [3.8, 4) is 12.3 Å². The van der Waals surface area contributed by atoms with Crippen LogP contribution < -0.4 is 5.32 Å². The highest BCUT2D eigenvalue weighted by molar-refractivity contribution is 5.87. The van der Waals surface area contributed by atoms with E-state index in [0.29, 0.717) is 32.5 Å². The van der Waals surface area contributed by atoms with E-state index in [2.05, 4.69) is 21.5 Å². The molecule has 7 nitrogen and oxygen atoms in total. The number of carboxylic acid groups (broad SMARTS) is 1. The fourth-order valence-corrected chi connectivity index (χ4v) is 2.42. The van der Waals surface area contributed by atoms with Crippen LogP contribution >= 0.6 is 0 Å². The number of hydrogen-bond acceptors (Lipinski definition) is 5. The Kier molecular flexibility index (Phi) is 4.58. The van der Waals surface area contributed by atoms with E-state index in [9.17, 15) is 14.7 Å². The summed E-state index contributed by atoms with van der Waals surface area (Å²) in [5.74, 6) is 1.22. The van der Waals surface area contributed by atoms with Crippen LogP contribution in [-0.2, 0) is 14.3 Å². The molecule has 2 aliphatic heterocycles. The second-order valence-corrected chi connectivity index (χ2v) is 5.43. The molecule has 1 amide bonds. The quantitative estimate of drug-likeness (QED) is 0.686. The highest BCUT2D eigenvalue weighted by atomic mass is 16.5. The molecule has 0 aromatic rings. The fraction of sp³-hybridized carbons (Fsp3) is 0.714. The summed E-state index contributed by atoms with van der Waals surface area (Å²) in [6.45, 7) is 0.673. The van der Waals surface area contributed by atoms with Gasteiger partial charge < -0.3 is 15.2 Å². The third kappa shape index (κ3) is 3.79. The van der Waals surface area contributed by atoms with Gasteiger partial charge in [-0.2, -0.15) is 10.2 Å². The second-order valence-electron chi connectivity index (χ2n) is 5.43. The standard InChI is InChI=1S/C14H19N3O4/c1-2-3-5-14(16-17-14)6-4-11(18)15-13(12(19)20)7-9-21-10-8-13/h1H,3-10H2,(H,15,18)(H,19,20). The number of carboxylic acids is 1. The summed E-state index contributed by atoms with van der Waals surface area (Å²) in [7, 11) is 0. The molecule has 1 fully saturated rings. The molecular weight excluding hydrogens is 274 g/mol. The summed E-state index contributed by atoms with van der Waals surface area (Å²) in [4.78, 5) is 23.5. The number of ether oxygens (including phenoxy) is 1. The lowest BCUT2D eigenvalue weighted by atomic mass is 9.89. The number of rotatable bonds is 7. The van der Waals surface area contributed by atoms with E-state index in [1.54, 1.807) is 0 Å². The molecule has 0 spiro atoms. The molecule has 0 unspecified atom stereocenters. The predicted octanol–water partition coefficient (Wildman–Crippen LogP) is 1.09. The van der Waals surface area contributed by atoms with E-state index >= 15 is 0 Å². The predicted molar refractivity (Wildman–Crippen MR) is 73.5 cm³/mol. The zero-order valence-corrected chi connectivity index (χ0v) is 11.8. The first-order valence-corrected chi connectivity index (χ1v) is 7.02. The van der Waals surface area contributed by atoms with Crippen molar-refractivity contribution >= 4 is 11.9 Å². The second kappa shape index (κ2) is 6.22. The molecule has 0 saturated carbocycles. The Hall–Kier alpha value is -1.94. The van der Waals surface area contributed by atoms with Crippen molar-refractivity contribution in [2.75, 3.05) is 13.2 Å². The van der Waals surface area contributed by atoms with Crippen molar-refractivity contribution in [1.29, 1.82) is 0 Å². The molecule has 0 aliphatic carbocycles. The number of terminal acetylenes is 1. The minimum absolute atomic E-state index is 0.188. The van der Waals surface area contributed by atoms with Crippen LogP contribution in [0.25, 0.3) is 0 Å². The maximum absolute atomic E-state index is 12.0. The van der Waals surface area contributed by atoms with Crippen LogP contribution in [0.15, 0.2) is 10.2 Å². The Bertz CT molecular complexity index is 483. The van der Waals surface area contributed by atoms with Gasteiger partial charge in [-0.1, -0.05) is 0 Å². The van der Waals surface area contributed by atoms with Gasteiger partial charge in [0, 0.05) is 51.7 Å². The molecule has 2 N–H and O–H groups in total. The van der Waals surface area contributed by atoms with Crippen LogP contribution in [0.2, 0.25) is 0 Å². The van der Waals surface area contributed by atoms with E-state index in [1.807, 2.05) is 0 Å². The van der Waals surface area contributed by atoms with Crippen LogP contribution in [0, 0.1) is 12.3 Å². The lowest BCUT2D eigenvalue weighted by Crippen LogP contribution is -2.57. The Balaban J connectivity index is 1.83. The van der Waals surface area contributed by atoms with Crippen LogP contribution in [-0.4, -0.2) is 41.4 Å². The van der Waals surface area contributed by atoms with Crippen LogP contribution in [0.1, 0.15) is 38.5 Å². The normalized spacial score (nSPS) is 21.3. The largest absolute Gasteiger partial charge is 0.480 e. The van der Waals surface area contributed by atoms with E-state index < -0.39 is 17.2 Å². The van der Waals surface area contributed by atoms with Gasteiger partial charge in [0.25, 0.3) is 0 Å². The van der Waals surface area contributed by atoms with E-state index in [1.165, 1.54) is 0 Å². The minimum Gasteiger partial charge on any atom is -0.480 e. The zero-order valence-electron chi connectivity index (χ0n) is 11.8. The van der Waals surface area contributed by atoms with Gasteiger partial charge in [0.15, 0.2) is 5.66 Å². The Morgan fingerprint density at radius 1 is 1.29 bits per heavy atom. The molecule has 0 radical (unpaired) electrons. The van der Waals surface area contributed by atoms with Crippen molar-refractivity contribution in [2.24, 2.45) is 10.2 Å². The van der Waals surface area contributed by atoms with E-state index in [0.717, 1.165) is 0 Å². The summed E-state index contributed by atoms with van der Waals surface area (Å²) in [6.07, 6.45) is 7.62. The Morgan fingerprint density at radius 3 is 2.48 bits per heavy atom. The van der Waals surface area contributed by atoms with Gasteiger partial charge in [0.1, 0.15) is 5.54 Å². The number of nitrogens with zero attached hydrogens (tertiary/aromatic N) is 2. The van der Waals surface area contributed by atoms with Gasteiger partial charge in [0.05, 0.1) is 0 Å². The number of carbonyl (C=O) groups is 2. The molecule has 21 heavy (non-hydrogen) atoms. The monoisotopic (exact) mass is 293 g/mol. The number of nitrogens with one attached hydrogen (secondary N) is 1. The van der Waals surface area contributed by atoms with Crippen molar-refractivity contribution in [3.05, 3.63) is 0 Å². The van der Waals surface area contributed by atoms with Crippen LogP contribution in [0.3, 0.4) is 0 Å². The number of amides is 1. The molecular formula is C14H19N3O4. The van der Waals surface area contributed by atoms with Gasteiger partial charge in [-0.3, -0.25) is 4.79 Å². The smallest absolute Gasteiger partial charge is 0.329 e. The Morgan fingerprint density at radius 2 is 1.95 bits per heavy atom. The molecule has 0 aromatic heterocycles. The van der Waals surface area contributed by atoms with Gasteiger partial charge in [-0.25, -0.2) is 4.79 Å².